The molecule has 0 radical (unpaired) electrons. The van der Waals surface area contributed by atoms with Gasteiger partial charge in [0.05, 0.1) is 11.3 Å². The molecular formula is C14H15N5O. The average molecular weight is 269 g/mol. The summed E-state index contributed by atoms with van der Waals surface area (Å²) >= 11 is 0. The minimum Gasteiger partial charge on any atom is -0.368 e. The molecule has 102 valence electrons. The van der Waals surface area contributed by atoms with Crippen molar-refractivity contribution in [2.24, 2.45) is 5.73 Å². The molecule has 0 unspecified atom stereocenters. The van der Waals surface area contributed by atoms with Crippen LogP contribution in [0, 0.1) is 0 Å². The summed E-state index contributed by atoms with van der Waals surface area (Å²) in [7, 11) is 0. The average Bonchev–Trinajstić information content (AvgIpc) is 2.46. The maximum absolute atomic E-state index is 11.5. The molecule has 1 amide bonds. The zero-order valence-electron chi connectivity index (χ0n) is 10.9. The number of carbonyl (C=O) groups is 1. The normalized spacial score (nSPS) is 13.8. The van der Waals surface area contributed by atoms with E-state index in [1.165, 1.54) is 17.3 Å². The second-order valence-corrected chi connectivity index (χ2v) is 4.77. The van der Waals surface area contributed by atoms with E-state index in [9.17, 15) is 4.79 Å². The van der Waals surface area contributed by atoms with Crippen molar-refractivity contribution in [3.05, 3.63) is 41.1 Å². The number of nitrogens with one attached hydrogen (secondary N) is 1. The van der Waals surface area contributed by atoms with Crippen LogP contribution in [0.25, 0.3) is 11.3 Å². The first-order chi connectivity index (χ1) is 9.65. The Labute approximate surface area is 116 Å². The SMILES string of the molecule is NC(=O)c1cnc(N)nc1-c1ccc2c(c1)CNCC2. The van der Waals surface area contributed by atoms with E-state index in [-0.39, 0.29) is 11.5 Å². The Morgan fingerprint density at radius 2 is 2.15 bits per heavy atom. The Kier molecular flexibility index (Phi) is 3.08. The molecule has 6 heteroatoms. The smallest absolute Gasteiger partial charge is 0.252 e. The summed E-state index contributed by atoms with van der Waals surface area (Å²) in [6.45, 7) is 1.80. The number of primary amides is 1. The van der Waals surface area contributed by atoms with E-state index in [1.807, 2.05) is 12.1 Å². The van der Waals surface area contributed by atoms with Gasteiger partial charge in [-0.2, -0.15) is 0 Å². The van der Waals surface area contributed by atoms with Crippen LogP contribution in [0.3, 0.4) is 0 Å². The van der Waals surface area contributed by atoms with Gasteiger partial charge < -0.3 is 16.8 Å². The van der Waals surface area contributed by atoms with Crippen LogP contribution in [-0.4, -0.2) is 22.4 Å². The fourth-order valence-corrected chi connectivity index (χ4v) is 2.42. The molecule has 1 aromatic heterocycles. The van der Waals surface area contributed by atoms with Crippen molar-refractivity contribution < 1.29 is 4.79 Å². The maximum atomic E-state index is 11.5. The number of nitrogens with zero attached hydrogens (tertiary/aromatic N) is 2. The molecular weight excluding hydrogens is 254 g/mol. The molecule has 1 aliphatic rings. The van der Waals surface area contributed by atoms with Gasteiger partial charge in [-0.3, -0.25) is 4.79 Å². The fraction of sp³-hybridized carbons (Fsp3) is 0.214. The highest BCUT2D eigenvalue weighted by atomic mass is 16.1. The number of hydrogen-bond donors (Lipinski definition) is 3. The van der Waals surface area contributed by atoms with E-state index < -0.39 is 5.91 Å². The van der Waals surface area contributed by atoms with Gasteiger partial charge in [0.15, 0.2) is 0 Å². The minimum atomic E-state index is -0.559. The van der Waals surface area contributed by atoms with Gasteiger partial charge in [-0.25, -0.2) is 9.97 Å². The molecule has 0 bridgehead atoms. The monoisotopic (exact) mass is 269 g/mol. The third-order valence-corrected chi connectivity index (χ3v) is 3.44. The van der Waals surface area contributed by atoms with Crippen LogP contribution >= 0.6 is 0 Å². The number of rotatable bonds is 2. The summed E-state index contributed by atoms with van der Waals surface area (Å²) in [5, 5.41) is 3.32. The number of hydrogen-bond acceptors (Lipinski definition) is 5. The maximum Gasteiger partial charge on any atom is 0.252 e. The summed E-state index contributed by atoms with van der Waals surface area (Å²) in [6, 6.07) is 6.03. The van der Waals surface area contributed by atoms with Crippen molar-refractivity contribution in [3.8, 4) is 11.3 Å². The van der Waals surface area contributed by atoms with E-state index in [2.05, 4.69) is 21.4 Å². The van der Waals surface area contributed by atoms with E-state index in [0.29, 0.717) is 5.69 Å². The number of fused-ring (bicyclic) bond motifs is 1. The summed E-state index contributed by atoms with van der Waals surface area (Å²) in [4.78, 5) is 19.5. The first-order valence-corrected chi connectivity index (χ1v) is 6.40. The summed E-state index contributed by atoms with van der Waals surface area (Å²) in [6.07, 6.45) is 2.38. The minimum absolute atomic E-state index is 0.126. The van der Waals surface area contributed by atoms with E-state index in [4.69, 9.17) is 11.5 Å². The van der Waals surface area contributed by atoms with Crippen LogP contribution in [0.5, 0.6) is 0 Å². The highest BCUT2D eigenvalue weighted by Crippen LogP contribution is 2.25. The van der Waals surface area contributed by atoms with Crippen molar-refractivity contribution >= 4 is 11.9 Å². The van der Waals surface area contributed by atoms with Gasteiger partial charge in [0, 0.05) is 18.3 Å². The molecule has 0 spiro atoms. The molecule has 0 aliphatic carbocycles. The number of benzene rings is 1. The summed E-state index contributed by atoms with van der Waals surface area (Å²) < 4.78 is 0. The number of carbonyl (C=O) groups excluding carboxylic acids is 1. The molecule has 6 nitrogen and oxygen atoms in total. The third kappa shape index (κ3) is 2.21. The molecule has 2 aromatic rings. The Bertz CT molecular complexity index is 683. The van der Waals surface area contributed by atoms with Crippen molar-refractivity contribution in [1.82, 2.24) is 15.3 Å². The molecule has 1 aliphatic heterocycles. The van der Waals surface area contributed by atoms with E-state index in [0.717, 1.165) is 25.1 Å². The predicted molar refractivity (Wildman–Crippen MR) is 75.8 cm³/mol. The van der Waals surface area contributed by atoms with Crippen molar-refractivity contribution in [3.63, 3.8) is 0 Å². The molecule has 0 atom stereocenters. The Morgan fingerprint density at radius 1 is 1.30 bits per heavy atom. The molecule has 0 fully saturated rings. The zero-order chi connectivity index (χ0) is 14.1. The highest BCUT2D eigenvalue weighted by Gasteiger charge is 2.15. The van der Waals surface area contributed by atoms with Gasteiger partial charge in [-0.05, 0) is 30.2 Å². The number of amides is 1. The van der Waals surface area contributed by atoms with Crippen LogP contribution in [0.2, 0.25) is 0 Å². The van der Waals surface area contributed by atoms with Gasteiger partial charge in [0.1, 0.15) is 0 Å². The summed E-state index contributed by atoms with van der Waals surface area (Å²) in [5.74, 6) is -0.434. The van der Waals surface area contributed by atoms with Gasteiger partial charge in [-0.1, -0.05) is 12.1 Å². The standard InChI is InChI=1S/C14H15N5O/c15-13(20)11-7-18-14(16)19-12(11)9-2-1-8-3-4-17-6-10(8)5-9/h1-2,5,7,17H,3-4,6H2,(H2,15,20)(H2,16,18,19). The number of aromatic nitrogens is 2. The topological polar surface area (TPSA) is 107 Å². The van der Waals surface area contributed by atoms with Gasteiger partial charge in [0.2, 0.25) is 5.95 Å². The van der Waals surface area contributed by atoms with Gasteiger partial charge in [0.25, 0.3) is 5.91 Å². The van der Waals surface area contributed by atoms with Gasteiger partial charge in [-0.15, -0.1) is 0 Å². The molecule has 0 saturated carbocycles. The lowest BCUT2D eigenvalue weighted by Crippen LogP contribution is -2.23. The summed E-state index contributed by atoms with van der Waals surface area (Å²) in [5.41, 5.74) is 15.1. The van der Waals surface area contributed by atoms with Crippen LogP contribution in [0.15, 0.2) is 24.4 Å². The Hall–Kier alpha value is -2.47. The second-order valence-electron chi connectivity index (χ2n) is 4.77. The van der Waals surface area contributed by atoms with E-state index in [1.54, 1.807) is 0 Å². The van der Waals surface area contributed by atoms with Crippen LogP contribution in [-0.2, 0) is 13.0 Å². The first-order valence-electron chi connectivity index (χ1n) is 6.40. The van der Waals surface area contributed by atoms with E-state index >= 15 is 0 Å². The van der Waals surface area contributed by atoms with Crippen molar-refractivity contribution in [1.29, 1.82) is 0 Å². The molecule has 1 aromatic carbocycles. The quantitative estimate of drug-likeness (QED) is 0.734. The molecule has 3 rings (SSSR count). The molecule has 0 saturated heterocycles. The van der Waals surface area contributed by atoms with Crippen LogP contribution < -0.4 is 16.8 Å². The number of anilines is 1. The second kappa shape index (κ2) is 4.90. The number of nitrogen functional groups attached to an aromatic ring is 1. The lowest BCUT2D eigenvalue weighted by Gasteiger charge is -2.18. The third-order valence-electron chi connectivity index (χ3n) is 3.44. The molecule has 2 heterocycles. The highest BCUT2D eigenvalue weighted by molar-refractivity contribution is 5.98. The lowest BCUT2D eigenvalue weighted by molar-refractivity contribution is 0.100. The Balaban J connectivity index is 2.13. The molecule has 5 N–H and O–H groups in total. The van der Waals surface area contributed by atoms with Crippen molar-refractivity contribution in [2.75, 3.05) is 12.3 Å². The van der Waals surface area contributed by atoms with Crippen LogP contribution in [0.4, 0.5) is 5.95 Å². The van der Waals surface area contributed by atoms with Crippen molar-refractivity contribution in [2.45, 2.75) is 13.0 Å². The van der Waals surface area contributed by atoms with Crippen LogP contribution in [0.1, 0.15) is 21.5 Å². The van der Waals surface area contributed by atoms with Gasteiger partial charge >= 0.3 is 0 Å². The first kappa shape index (κ1) is 12.6. The molecule has 20 heavy (non-hydrogen) atoms. The lowest BCUT2D eigenvalue weighted by atomic mass is 9.96. The number of nitrogens with two attached hydrogens (primary N) is 2. The Morgan fingerprint density at radius 3 is 2.95 bits per heavy atom. The fourth-order valence-electron chi connectivity index (χ4n) is 2.42. The predicted octanol–water partition coefficient (Wildman–Crippen LogP) is 0.470. The zero-order valence-corrected chi connectivity index (χ0v) is 10.9. The largest absolute Gasteiger partial charge is 0.368 e.